The third-order valence-electron chi connectivity index (χ3n) is 5.07. The number of aromatic nitrogens is 1. The summed E-state index contributed by atoms with van der Waals surface area (Å²) in [6.45, 7) is 1.66. The van der Waals surface area contributed by atoms with Gasteiger partial charge in [-0.1, -0.05) is 45.4 Å². The summed E-state index contributed by atoms with van der Waals surface area (Å²) in [7, 11) is 1.27. The molecular formula is C23H17BrN2O6. The van der Waals surface area contributed by atoms with Gasteiger partial charge in [-0.2, -0.15) is 0 Å². The molecule has 1 atom stereocenters. The van der Waals surface area contributed by atoms with E-state index in [2.05, 4.69) is 21.1 Å². The molecule has 1 aliphatic rings. The van der Waals surface area contributed by atoms with Crippen molar-refractivity contribution in [3.8, 4) is 0 Å². The first-order valence-corrected chi connectivity index (χ1v) is 10.3. The number of methoxy groups -OCH3 is 1. The van der Waals surface area contributed by atoms with Gasteiger partial charge in [0.05, 0.1) is 24.3 Å². The number of amides is 1. The summed E-state index contributed by atoms with van der Waals surface area (Å²) in [5, 5.41) is 14.9. The number of Topliss-reactive ketones (excluding diaryl/α,β-unsaturated/α-hetero) is 1. The fourth-order valence-corrected chi connectivity index (χ4v) is 3.80. The van der Waals surface area contributed by atoms with Crippen LogP contribution in [-0.2, 0) is 14.3 Å². The van der Waals surface area contributed by atoms with Crippen molar-refractivity contribution in [1.29, 1.82) is 0 Å². The Labute approximate surface area is 191 Å². The van der Waals surface area contributed by atoms with Gasteiger partial charge in [0.2, 0.25) is 0 Å². The molecule has 4 rings (SSSR count). The molecule has 1 saturated heterocycles. The normalized spacial score (nSPS) is 17.6. The van der Waals surface area contributed by atoms with Gasteiger partial charge in [-0.15, -0.1) is 0 Å². The number of ether oxygens (including phenoxy) is 1. The van der Waals surface area contributed by atoms with Crippen LogP contribution in [0.5, 0.6) is 0 Å². The van der Waals surface area contributed by atoms with Gasteiger partial charge in [0.15, 0.2) is 5.82 Å². The Bertz CT molecular complexity index is 1240. The minimum Gasteiger partial charge on any atom is -0.507 e. The van der Waals surface area contributed by atoms with Crippen LogP contribution in [0, 0.1) is 6.92 Å². The molecule has 0 aliphatic carbocycles. The monoisotopic (exact) mass is 496 g/mol. The Morgan fingerprint density at radius 1 is 1.09 bits per heavy atom. The lowest BCUT2D eigenvalue weighted by atomic mass is 9.94. The second kappa shape index (κ2) is 8.43. The molecule has 9 heteroatoms. The highest BCUT2D eigenvalue weighted by atomic mass is 79.9. The number of nitrogens with zero attached hydrogens (tertiary/aromatic N) is 2. The van der Waals surface area contributed by atoms with Crippen LogP contribution in [0.3, 0.4) is 0 Å². The van der Waals surface area contributed by atoms with Gasteiger partial charge in [-0.05, 0) is 36.8 Å². The lowest BCUT2D eigenvalue weighted by molar-refractivity contribution is -0.132. The maximum atomic E-state index is 13.0. The standard InChI is InChI=1S/C23H17BrN2O6/c1-12-11-17(25-32-12)26-19(13-3-5-15(6-4-13)23(30)31-2)18(21(28)22(26)29)20(27)14-7-9-16(24)10-8-14/h3-11,19,27H,1-2H3/b20-18+. The number of aliphatic hydroxyl groups excluding tert-OH is 1. The molecule has 2 aromatic carbocycles. The number of carbonyl (C=O) groups excluding carboxylic acids is 3. The van der Waals surface area contributed by atoms with Gasteiger partial charge in [0.1, 0.15) is 11.5 Å². The van der Waals surface area contributed by atoms with Gasteiger partial charge in [-0.25, -0.2) is 4.79 Å². The lowest BCUT2D eigenvalue weighted by Crippen LogP contribution is -2.29. The molecular weight excluding hydrogens is 480 g/mol. The molecule has 1 aliphatic heterocycles. The maximum Gasteiger partial charge on any atom is 0.337 e. The first-order chi connectivity index (χ1) is 15.3. The SMILES string of the molecule is COC(=O)c1ccc(C2/C(=C(\O)c3ccc(Br)cc3)C(=O)C(=O)N2c2cc(C)on2)cc1. The second-order valence-corrected chi connectivity index (χ2v) is 8.00. The Kier molecular flexibility index (Phi) is 5.67. The van der Waals surface area contributed by atoms with E-state index in [1.807, 2.05) is 0 Å². The van der Waals surface area contributed by atoms with Gasteiger partial charge in [-0.3, -0.25) is 14.5 Å². The average Bonchev–Trinajstić information content (AvgIpc) is 3.34. The van der Waals surface area contributed by atoms with Crippen molar-refractivity contribution in [2.45, 2.75) is 13.0 Å². The maximum absolute atomic E-state index is 13.0. The van der Waals surface area contributed by atoms with E-state index in [9.17, 15) is 19.5 Å². The highest BCUT2D eigenvalue weighted by Crippen LogP contribution is 2.42. The molecule has 0 spiro atoms. The van der Waals surface area contributed by atoms with Crippen LogP contribution in [0.15, 0.2) is 69.2 Å². The van der Waals surface area contributed by atoms with E-state index < -0.39 is 23.7 Å². The topological polar surface area (TPSA) is 110 Å². The van der Waals surface area contributed by atoms with Crippen molar-refractivity contribution in [2.24, 2.45) is 0 Å². The number of halogens is 1. The minimum atomic E-state index is -0.977. The average molecular weight is 497 g/mol. The van der Waals surface area contributed by atoms with E-state index in [1.165, 1.54) is 30.2 Å². The molecule has 32 heavy (non-hydrogen) atoms. The van der Waals surface area contributed by atoms with E-state index >= 15 is 0 Å². The van der Waals surface area contributed by atoms with Crippen LogP contribution < -0.4 is 4.90 Å². The summed E-state index contributed by atoms with van der Waals surface area (Å²) in [5.41, 5.74) is 1.08. The van der Waals surface area contributed by atoms with Crippen LogP contribution in [0.1, 0.15) is 33.3 Å². The van der Waals surface area contributed by atoms with Crippen LogP contribution in [0.2, 0.25) is 0 Å². The van der Waals surface area contributed by atoms with E-state index in [1.54, 1.807) is 43.3 Å². The highest BCUT2D eigenvalue weighted by Gasteiger charge is 2.48. The summed E-state index contributed by atoms with van der Waals surface area (Å²) in [4.78, 5) is 39.0. The summed E-state index contributed by atoms with van der Waals surface area (Å²) >= 11 is 3.33. The summed E-state index contributed by atoms with van der Waals surface area (Å²) < 4.78 is 10.6. The van der Waals surface area contributed by atoms with E-state index in [0.717, 1.165) is 4.47 Å². The first-order valence-electron chi connectivity index (χ1n) is 9.50. The second-order valence-electron chi connectivity index (χ2n) is 7.09. The van der Waals surface area contributed by atoms with Crippen molar-refractivity contribution in [3.05, 3.63) is 87.1 Å². The molecule has 1 N–H and O–H groups in total. The minimum absolute atomic E-state index is 0.0937. The van der Waals surface area contributed by atoms with Crippen molar-refractivity contribution in [2.75, 3.05) is 12.0 Å². The summed E-state index contributed by atoms with van der Waals surface area (Å²) in [5.74, 6) is -1.95. The number of benzene rings is 2. The third kappa shape index (κ3) is 3.71. The number of anilines is 1. The molecule has 0 bridgehead atoms. The molecule has 1 unspecified atom stereocenters. The van der Waals surface area contributed by atoms with Gasteiger partial charge in [0.25, 0.3) is 5.78 Å². The number of aryl methyl sites for hydroxylation is 1. The Morgan fingerprint density at radius 3 is 2.28 bits per heavy atom. The molecule has 2 heterocycles. The zero-order valence-corrected chi connectivity index (χ0v) is 18.6. The van der Waals surface area contributed by atoms with E-state index in [4.69, 9.17) is 9.26 Å². The Balaban J connectivity index is 1.90. The van der Waals surface area contributed by atoms with Crippen LogP contribution in [-0.4, -0.2) is 35.0 Å². The fraction of sp³-hybridized carbons (Fsp3) is 0.130. The smallest absolute Gasteiger partial charge is 0.337 e. The summed E-state index contributed by atoms with van der Waals surface area (Å²) in [6, 6.07) is 13.5. The molecule has 1 aromatic heterocycles. The van der Waals surface area contributed by atoms with Crippen molar-refractivity contribution in [1.82, 2.24) is 5.16 Å². The third-order valence-corrected chi connectivity index (χ3v) is 5.60. The molecule has 162 valence electrons. The highest BCUT2D eigenvalue weighted by molar-refractivity contribution is 9.10. The van der Waals surface area contributed by atoms with Crippen LogP contribution in [0.25, 0.3) is 5.76 Å². The fourth-order valence-electron chi connectivity index (χ4n) is 3.53. The van der Waals surface area contributed by atoms with Crippen molar-refractivity contribution >= 4 is 45.2 Å². The zero-order valence-electron chi connectivity index (χ0n) is 17.0. The molecule has 0 saturated carbocycles. The predicted molar refractivity (Wildman–Crippen MR) is 118 cm³/mol. The zero-order chi connectivity index (χ0) is 23.0. The summed E-state index contributed by atoms with van der Waals surface area (Å²) in [6.07, 6.45) is 0. The van der Waals surface area contributed by atoms with Crippen LogP contribution >= 0.6 is 15.9 Å². The van der Waals surface area contributed by atoms with Crippen molar-refractivity contribution in [3.63, 3.8) is 0 Å². The quantitative estimate of drug-likeness (QED) is 0.250. The number of ketones is 1. The number of esters is 1. The molecule has 3 aromatic rings. The number of hydrogen-bond donors (Lipinski definition) is 1. The molecule has 8 nitrogen and oxygen atoms in total. The molecule has 0 radical (unpaired) electrons. The van der Waals surface area contributed by atoms with Gasteiger partial charge in [0, 0.05) is 16.1 Å². The molecule has 1 fully saturated rings. The van der Waals surface area contributed by atoms with Gasteiger partial charge >= 0.3 is 11.9 Å². The van der Waals surface area contributed by atoms with E-state index in [-0.39, 0.29) is 17.2 Å². The predicted octanol–water partition coefficient (Wildman–Crippen LogP) is 4.16. The lowest BCUT2D eigenvalue weighted by Gasteiger charge is -2.23. The first kappa shape index (κ1) is 21.5. The van der Waals surface area contributed by atoms with Crippen molar-refractivity contribution < 1.29 is 28.8 Å². The van der Waals surface area contributed by atoms with Crippen LogP contribution in [0.4, 0.5) is 5.82 Å². The number of carbonyl (C=O) groups is 3. The largest absolute Gasteiger partial charge is 0.507 e. The number of aliphatic hydroxyl groups is 1. The number of rotatable bonds is 4. The number of hydrogen-bond acceptors (Lipinski definition) is 7. The van der Waals surface area contributed by atoms with E-state index in [0.29, 0.717) is 22.5 Å². The Morgan fingerprint density at radius 2 is 1.72 bits per heavy atom. The Hall–Kier alpha value is -3.72. The van der Waals surface area contributed by atoms with Gasteiger partial charge < -0.3 is 14.4 Å². The molecule has 1 amide bonds.